The van der Waals surface area contributed by atoms with Crippen molar-refractivity contribution in [3.63, 3.8) is 0 Å². The quantitative estimate of drug-likeness (QED) is 0.647. The number of halogens is 1. The van der Waals surface area contributed by atoms with Crippen molar-refractivity contribution in [1.82, 2.24) is 0 Å². The Kier molecular flexibility index (Phi) is 4.45. The first-order valence-corrected chi connectivity index (χ1v) is 7.21. The Morgan fingerprint density at radius 1 is 1.15 bits per heavy atom. The van der Waals surface area contributed by atoms with Crippen LogP contribution in [-0.2, 0) is 0 Å². The SMILES string of the molecule is CC(C)c1ccc(Sc2ccc(F)cc2C(=N)N)cc1. The first-order chi connectivity index (χ1) is 9.47. The Morgan fingerprint density at radius 3 is 2.35 bits per heavy atom. The molecule has 0 unspecified atom stereocenters. The average molecular weight is 288 g/mol. The molecule has 2 aromatic rings. The van der Waals surface area contributed by atoms with Crippen molar-refractivity contribution in [3.8, 4) is 0 Å². The van der Waals surface area contributed by atoms with Crippen molar-refractivity contribution in [2.24, 2.45) is 5.73 Å². The molecule has 0 amide bonds. The van der Waals surface area contributed by atoms with Gasteiger partial charge in [-0.15, -0.1) is 0 Å². The maximum atomic E-state index is 13.2. The molecule has 0 spiro atoms. The monoisotopic (exact) mass is 288 g/mol. The Morgan fingerprint density at radius 2 is 1.80 bits per heavy atom. The van der Waals surface area contributed by atoms with Crippen LogP contribution in [0.1, 0.15) is 30.9 Å². The Balaban J connectivity index is 2.28. The minimum Gasteiger partial charge on any atom is -0.384 e. The van der Waals surface area contributed by atoms with Gasteiger partial charge in [-0.25, -0.2) is 4.39 Å². The predicted molar refractivity (Wildman–Crippen MR) is 82.1 cm³/mol. The van der Waals surface area contributed by atoms with E-state index in [1.54, 1.807) is 6.07 Å². The third-order valence-electron chi connectivity index (χ3n) is 3.01. The molecule has 0 bridgehead atoms. The second-order valence-corrected chi connectivity index (χ2v) is 6.00. The molecular formula is C16H17FN2S. The smallest absolute Gasteiger partial charge is 0.124 e. The van der Waals surface area contributed by atoms with E-state index in [4.69, 9.17) is 11.1 Å². The molecule has 2 nitrogen and oxygen atoms in total. The standard InChI is InChI=1S/C16H17FN2S/c1-10(2)11-3-6-13(7-4-11)20-15-8-5-12(17)9-14(15)16(18)19/h3-10H,1-2H3,(H3,18,19). The minimum atomic E-state index is -0.380. The normalized spacial score (nSPS) is 10.8. The van der Waals surface area contributed by atoms with Gasteiger partial charge in [-0.3, -0.25) is 5.41 Å². The number of hydrogen-bond donors (Lipinski definition) is 2. The van der Waals surface area contributed by atoms with Crippen molar-refractivity contribution in [2.45, 2.75) is 29.6 Å². The highest BCUT2D eigenvalue weighted by atomic mass is 32.2. The molecule has 2 aromatic carbocycles. The van der Waals surface area contributed by atoms with E-state index < -0.39 is 0 Å². The molecule has 3 N–H and O–H groups in total. The predicted octanol–water partition coefficient (Wildman–Crippen LogP) is 4.38. The van der Waals surface area contributed by atoms with Crippen LogP contribution >= 0.6 is 11.8 Å². The van der Waals surface area contributed by atoms with Crippen LogP contribution in [0.15, 0.2) is 52.3 Å². The number of rotatable bonds is 4. The van der Waals surface area contributed by atoms with Crippen LogP contribution < -0.4 is 5.73 Å². The molecule has 0 saturated carbocycles. The zero-order chi connectivity index (χ0) is 14.7. The van der Waals surface area contributed by atoms with Crippen molar-refractivity contribution < 1.29 is 4.39 Å². The van der Waals surface area contributed by atoms with Crippen molar-refractivity contribution >= 4 is 17.6 Å². The average Bonchev–Trinajstić information content (AvgIpc) is 2.41. The van der Waals surface area contributed by atoms with E-state index in [9.17, 15) is 4.39 Å². The van der Waals surface area contributed by atoms with Crippen LogP contribution in [0.5, 0.6) is 0 Å². The van der Waals surface area contributed by atoms with Crippen LogP contribution in [0, 0.1) is 11.2 Å². The summed E-state index contributed by atoms with van der Waals surface area (Å²) in [5, 5.41) is 7.53. The summed E-state index contributed by atoms with van der Waals surface area (Å²) in [6.45, 7) is 4.30. The molecule has 0 atom stereocenters. The molecule has 0 aliphatic rings. The number of benzene rings is 2. The molecule has 2 rings (SSSR count). The van der Waals surface area contributed by atoms with Gasteiger partial charge in [-0.1, -0.05) is 37.7 Å². The van der Waals surface area contributed by atoms with Crippen molar-refractivity contribution in [2.75, 3.05) is 0 Å². The summed E-state index contributed by atoms with van der Waals surface area (Å²) in [6, 6.07) is 12.6. The lowest BCUT2D eigenvalue weighted by atomic mass is 10.0. The van der Waals surface area contributed by atoms with Crippen molar-refractivity contribution in [1.29, 1.82) is 5.41 Å². The summed E-state index contributed by atoms with van der Waals surface area (Å²) in [5.74, 6) is -0.00634. The van der Waals surface area contributed by atoms with Crippen LogP contribution in [0.2, 0.25) is 0 Å². The van der Waals surface area contributed by atoms with Crippen molar-refractivity contribution in [3.05, 3.63) is 59.4 Å². The van der Waals surface area contributed by atoms with Crippen LogP contribution in [0.25, 0.3) is 0 Å². The third-order valence-corrected chi connectivity index (χ3v) is 4.09. The van der Waals surface area contributed by atoms with Gasteiger partial charge < -0.3 is 5.73 Å². The molecule has 0 fully saturated rings. The molecule has 0 aliphatic carbocycles. The van der Waals surface area contributed by atoms with Gasteiger partial charge in [0.05, 0.1) is 0 Å². The number of nitrogen functional groups attached to an aromatic ring is 1. The summed E-state index contributed by atoms with van der Waals surface area (Å²) in [5.41, 5.74) is 7.22. The van der Waals surface area contributed by atoms with Gasteiger partial charge in [0.25, 0.3) is 0 Å². The molecule has 0 aliphatic heterocycles. The second kappa shape index (κ2) is 6.09. The van der Waals surface area contributed by atoms with E-state index in [-0.39, 0.29) is 11.7 Å². The highest BCUT2D eigenvalue weighted by molar-refractivity contribution is 7.99. The molecule has 104 valence electrons. The van der Waals surface area contributed by atoms with Crippen LogP contribution in [-0.4, -0.2) is 5.84 Å². The minimum absolute atomic E-state index is 0.120. The van der Waals surface area contributed by atoms with E-state index in [1.807, 2.05) is 12.1 Å². The second-order valence-electron chi connectivity index (χ2n) is 4.88. The zero-order valence-corrected chi connectivity index (χ0v) is 12.3. The fourth-order valence-electron chi connectivity index (χ4n) is 1.85. The van der Waals surface area contributed by atoms with Gasteiger partial charge >= 0.3 is 0 Å². The fraction of sp³-hybridized carbons (Fsp3) is 0.188. The van der Waals surface area contributed by atoms with E-state index in [1.165, 1.54) is 29.5 Å². The van der Waals surface area contributed by atoms with Gasteiger partial charge in [-0.05, 0) is 41.8 Å². The van der Waals surface area contributed by atoms with E-state index >= 15 is 0 Å². The molecule has 20 heavy (non-hydrogen) atoms. The molecular weight excluding hydrogens is 271 g/mol. The Hall–Kier alpha value is -1.81. The van der Waals surface area contributed by atoms with E-state index in [2.05, 4.69) is 26.0 Å². The van der Waals surface area contributed by atoms with Gasteiger partial charge in [0.2, 0.25) is 0 Å². The maximum Gasteiger partial charge on any atom is 0.124 e. The van der Waals surface area contributed by atoms with E-state index in [0.29, 0.717) is 11.5 Å². The summed E-state index contributed by atoms with van der Waals surface area (Å²) in [6.07, 6.45) is 0. The largest absolute Gasteiger partial charge is 0.384 e. The zero-order valence-electron chi connectivity index (χ0n) is 11.5. The summed E-state index contributed by atoms with van der Waals surface area (Å²) < 4.78 is 13.2. The highest BCUT2D eigenvalue weighted by Gasteiger charge is 2.09. The van der Waals surface area contributed by atoms with E-state index in [0.717, 1.165) is 9.79 Å². The lowest BCUT2D eigenvalue weighted by molar-refractivity contribution is 0.626. The summed E-state index contributed by atoms with van der Waals surface area (Å²) >= 11 is 1.48. The Labute approximate surface area is 122 Å². The van der Waals surface area contributed by atoms with Crippen LogP contribution in [0.3, 0.4) is 0 Å². The van der Waals surface area contributed by atoms with Gasteiger partial charge in [0.1, 0.15) is 11.7 Å². The van der Waals surface area contributed by atoms with Gasteiger partial charge in [-0.2, -0.15) is 0 Å². The number of nitrogens with one attached hydrogen (secondary N) is 1. The summed E-state index contributed by atoms with van der Waals surface area (Å²) in [7, 11) is 0. The molecule has 0 radical (unpaired) electrons. The topological polar surface area (TPSA) is 49.9 Å². The highest BCUT2D eigenvalue weighted by Crippen LogP contribution is 2.31. The number of nitrogens with two attached hydrogens (primary N) is 1. The van der Waals surface area contributed by atoms with Gasteiger partial charge in [0, 0.05) is 15.4 Å². The lowest BCUT2D eigenvalue weighted by Crippen LogP contribution is -2.12. The number of hydrogen-bond acceptors (Lipinski definition) is 2. The first kappa shape index (κ1) is 14.6. The fourth-order valence-corrected chi connectivity index (χ4v) is 2.79. The first-order valence-electron chi connectivity index (χ1n) is 6.39. The third kappa shape index (κ3) is 3.39. The summed E-state index contributed by atoms with van der Waals surface area (Å²) in [4.78, 5) is 1.83. The maximum absolute atomic E-state index is 13.2. The lowest BCUT2D eigenvalue weighted by Gasteiger charge is -2.09. The van der Waals surface area contributed by atoms with Crippen LogP contribution in [0.4, 0.5) is 4.39 Å². The molecule has 0 heterocycles. The number of amidine groups is 1. The molecule has 0 aromatic heterocycles. The molecule has 0 saturated heterocycles. The molecule has 4 heteroatoms. The van der Waals surface area contributed by atoms with Gasteiger partial charge in [0.15, 0.2) is 0 Å². The Bertz CT molecular complexity index is 621.